The van der Waals surface area contributed by atoms with E-state index in [0.717, 1.165) is 38.9 Å². The second-order valence-corrected chi connectivity index (χ2v) is 5.87. The minimum Gasteiger partial charge on any atom is -0.315 e. The molecule has 0 amide bonds. The van der Waals surface area contributed by atoms with Gasteiger partial charge in [0.25, 0.3) is 5.69 Å². The Morgan fingerprint density at radius 2 is 2.33 bits per heavy atom. The first-order valence-electron chi connectivity index (χ1n) is 7.50. The summed E-state index contributed by atoms with van der Waals surface area (Å²) in [5.74, 6) is 0. The summed E-state index contributed by atoms with van der Waals surface area (Å²) >= 11 is 6.21. The lowest BCUT2D eigenvalue weighted by Crippen LogP contribution is -2.46. The predicted molar refractivity (Wildman–Crippen MR) is 84.7 cm³/mol. The molecule has 1 N–H and O–H groups in total. The lowest BCUT2D eigenvalue weighted by atomic mass is 10.0. The highest BCUT2D eigenvalue weighted by atomic mass is 35.5. The molecular formula is C15H22ClN3O2. The molecule has 1 aromatic rings. The molecule has 1 saturated heterocycles. The van der Waals surface area contributed by atoms with Crippen molar-refractivity contribution in [2.45, 2.75) is 38.8 Å². The van der Waals surface area contributed by atoms with Gasteiger partial charge in [-0.3, -0.25) is 15.0 Å². The van der Waals surface area contributed by atoms with Crippen LogP contribution >= 0.6 is 11.6 Å². The maximum Gasteiger partial charge on any atom is 0.275 e. The van der Waals surface area contributed by atoms with Crippen molar-refractivity contribution in [3.8, 4) is 0 Å². The zero-order valence-corrected chi connectivity index (χ0v) is 13.1. The average Bonchev–Trinajstić information content (AvgIpc) is 2.49. The summed E-state index contributed by atoms with van der Waals surface area (Å²) in [4.78, 5) is 13.2. The number of piperidine rings is 1. The fourth-order valence-corrected chi connectivity index (χ4v) is 3.13. The molecular weight excluding hydrogens is 290 g/mol. The molecule has 1 atom stereocenters. The minimum absolute atomic E-state index is 0.118. The summed E-state index contributed by atoms with van der Waals surface area (Å²) in [6.45, 7) is 5.59. The summed E-state index contributed by atoms with van der Waals surface area (Å²) in [5, 5.41) is 15.1. The molecule has 116 valence electrons. The zero-order valence-electron chi connectivity index (χ0n) is 12.3. The second kappa shape index (κ2) is 7.73. The van der Waals surface area contributed by atoms with Crippen LogP contribution in [0.5, 0.6) is 0 Å². The van der Waals surface area contributed by atoms with Gasteiger partial charge in [0.05, 0.1) is 15.5 Å². The Balaban J connectivity index is 2.21. The molecule has 0 radical (unpaired) electrons. The van der Waals surface area contributed by atoms with Gasteiger partial charge in [-0.05, 0) is 38.4 Å². The average molecular weight is 312 g/mol. The SMILES string of the molecule is CCCN(Cc1c(Cl)cccc1[N+](=O)[O-])C1CCCNC1. The first-order valence-corrected chi connectivity index (χ1v) is 7.87. The molecule has 5 nitrogen and oxygen atoms in total. The monoisotopic (exact) mass is 311 g/mol. The van der Waals surface area contributed by atoms with Gasteiger partial charge in [0, 0.05) is 25.2 Å². The van der Waals surface area contributed by atoms with Crippen LogP contribution in [-0.2, 0) is 6.54 Å². The molecule has 0 spiro atoms. The molecule has 2 rings (SSSR count). The van der Waals surface area contributed by atoms with Crippen molar-refractivity contribution < 1.29 is 4.92 Å². The molecule has 1 aliphatic heterocycles. The Morgan fingerprint density at radius 1 is 1.52 bits per heavy atom. The van der Waals surface area contributed by atoms with Crippen LogP contribution in [0.4, 0.5) is 5.69 Å². The molecule has 0 bridgehead atoms. The number of hydrogen-bond acceptors (Lipinski definition) is 4. The van der Waals surface area contributed by atoms with Gasteiger partial charge in [0.1, 0.15) is 0 Å². The molecule has 21 heavy (non-hydrogen) atoms. The van der Waals surface area contributed by atoms with E-state index in [4.69, 9.17) is 11.6 Å². The van der Waals surface area contributed by atoms with Crippen molar-refractivity contribution in [2.75, 3.05) is 19.6 Å². The van der Waals surface area contributed by atoms with E-state index in [0.29, 0.717) is 23.2 Å². The van der Waals surface area contributed by atoms with Crippen molar-refractivity contribution in [1.29, 1.82) is 0 Å². The lowest BCUT2D eigenvalue weighted by Gasteiger charge is -2.34. The molecule has 1 heterocycles. The van der Waals surface area contributed by atoms with Gasteiger partial charge in [0.15, 0.2) is 0 Å². The fourth-order valence-electron chi connectivity index (χ4n) is 2.90. The fraction of sp³-hybridized carbons (Fsp3) is 0.600. The van der Waals surface area contributed by atoms with Crippen molar-refractivity contribution in [1.82, 2.24) is 10.2 Å². The normalized spacial score (nSPS) is 18.9. The van der Waals surface area contributed by atoms with Gasteiger partial charge in [0.2, 0.25) is 0 Å². The number of halogens is 1. The quantitative estimate of drug-likeness (QED) is 0.647. The van der Waals surface area contributed by atoms with E-state index in [1.54, 1.807) is 12.1 Å². The standard InChI is InChI=1S/C15H22ClN3O2/c1-2-9-18(12-5-4-8-17-10-12)11-13-14(16)6-3-7-15(13)19(20)21/h3,6-7,12,17H,2,4-5,8-11H2,1H3. The van der Waals surface area contributed by atoms with Gasteiger partial charge < -0.3 is 5.32 Å². The third-order valence-electron chi connectivity index (χ3n) is 3.95. The van der Waals surface area contributed by atoms with Crippen molar-refractivity contribution >= 4 is 17.3 Å². The minimum atomic E-state index is -0.343. The van der Waals surface area contributed by atoms with Crippen LogP contribution in [0.2, 0.25) is 5.02 Å². The molecule has 0 aliphatic carbocycles. The highest BCUT2D eigenvalue weighted by Gasteiger charge is 2.24. The van der Waals surface area contributed by atoms with Crippen LogP contribution in [0.15, 0.2) is 18.2 Å². The lowest BCUT2D eigenvalue weighted by molar-refractivity contribution is -0.385. The topological polar surface area (TPSA) is 58.4 Å². The number of nitro groups is 1. The van der Waals surface area contributed by atoms with Crippen LogP contribution in [-0.4, -0.2) is 35.5 Å². The molecule has 1 fully saturated rings. The first kappa shape index (κ1) is 16.2. The van der Waals surface area contributed by atoms with E-state index >= 15 is 0 Å². The van der Waals surface area contributed by atoms with E-state index < -0.39 is 0 Å². The van der Waals surface area contributed by atoms with E-state index in [-0.39, 0.29) is 10.6 Å². The predicted octanol–water partition coefficient (Wildman–Crippen LogP) is 3.21. The molecule has 0 aromatic heterocycles. The van der Waals surface area contributed by atoms with Gasteiger partial charge in [-0.15, -0.1) is 0 Å². The van der Waals surface area contributed by atoms with Crippen molar-refractivity contribution in [3.63, 3.8) is 0 Å². The summed E-state index contributed by atoms with van der Waals surface area (Å²) in [7, 11) is 0. The van der Waals surface area contributed by atoms with Crippen LogP contribution in [0.1, 0.15) is 31.7 Å². The van der Waals surface area contributed by atoms with Crippen molar-refractivity contribution in [3.05, 3.63) is 38.9 Å². The number of hydrogen-bond donors (Lipinski definition) is 1. The Labute approximate surface area is 130 Å². The van der Waals surface area contributed by atoms with Crippen LogP contribution in [0.25, 0.3) is 0 Å². The van der Waals surface area contributed by atoms with E-state index in [1.165, 1.54) is 6.07 Å². The van der Waals surface area contributed by atoms with Gasteiger partial charge in [-0.25, -0.2) is 0 Å². The summed E-state index contributed by atoms with van der Waals surface area (Å²) in [5.41, 5.74) is 0.746. The van der Waals surface area contributed by atoms with E-state index in [1.807, 2.05) is 0 Å². The number of rotatable bonds is 6. The third-order valence-corrected chi connectivity index (χ3v) is 4.30. The molecule has 0 saturated carbocycles. The summed E-state index contributed by atoms with van der Waals surface area (Å²) < 4.78 is 0. The highest BCUT2D eigenvalue weighted by Crippen LogP contribution is 2.28. The molecule has 1 aliphatic rings. The number of nitro benzene ring substituents is 1. The van der Waals surface area contributed by atoms with Gasteiger partial charge in [-0.1, -0.05) is 24.6 Å². The number of benzene rings is 1. The number of nitrogens with one attached hydrogen (secondary N) is 1. The molecule has 1 aromatic carbocycles. The maximum absolute atomic E-state index is 11.2. The smallest absolute Gasteiger partial charge is 0.275 e. The summed E-state index contributed by atoms with van der Waals surface area (Å²) in [6, 6.07) is 5.32. The highest BCUT2D eigenvalue weighted by molar-refractivity contribution is 6.31. The maximum atomic E-state index is 11.2. The van der Waals surface area contributed by atoms with E-state index in [2.05, 4.69) is 17.1 Å². The first-order chi connectivity index (χ1) is 10.1. The van der Waals surface area contributed by atoms with Crippen LogP contribution in [0, 0.1) is 10.1 Å². The zero-order chi connectivity index (χ0) is 15.2. The molecule has 6 heteroatoms. The van der Waals surface area contributed by atoms with Crippen LogP contribution < -0.4 is 5.32 Å². The Hall–Kier alpha value is -1.17. The van der Waals surface area contributed by atoms with E-state index in [9.17, 15) is 10.1 Å². The molecule has 1 unspecified atom stereocenters. The van der Waals surface area contributed by atoms with Crippen LogP contribution in [0.3, 0.4) is 0 Å². The van der Waals surface area contributed by atoms with Gasteiger partial charge in [-0.2, -0.15) is 0 Å². The largest absolute Gasteiger partial charge is 0.315 e. The second-order valence-electron chi connectivity index (χ2n) is 5.47. The number of nitrogens with zero attached hydrogens (tertiary/aromatic N) is 2. The third kappa shape index (κ3) is 4.15. The Morgan fingerprint density at radius 3 is 2.95 bits per heavy atom. The Bertz CT molecular complexity index is 490. The Kier molecular flexibility index (Phi) is 5.96. The van der Waals surface area contributed by atoms with Crippen molar-refractivity contribution in [2.24, 2.45) is 0 Å². The van der Waals surface area contributed by atoms with Gasteiger partial charge >= 0.3 is 0 Å². The summed E-state index contributed by atoms with van der Waals surface area (Å²) in [6.07, 6.45) is 3.30.